The largest absolute Gasteiger partial charge is 0.314 e. The second-order valence-electron chi connectivity index (χ2n) is 7.22. The SMILES string of the molecule is CCCC(CNCC(C)C)N=NC(CCC)CNCC(C)C. The van der Waals surface area contributed by atoms with Gasteiger partial charge in [0.15, 0.2) is 0 Å². The lowest BCUT2D eigenvalue weighted by Crippen LogP contribution is -2.30. The topological polar surface area (TPSA) is 48.8 Å². The fourth-order valence-electron chi connectivity index (χ4n) is 2.33. The van der Waals surface area contributed by atoms with Crippen LogP contribution in [0.3, 0.4) is 0 Å². The molecule has 0 aromatic heterocycles. The molecule has 0 aliphatic heterocycles. The van der Waals surface area contributed by atoms with E-state index in [-0.39, 0.29) is 0 Å². The lowest BCUT2D eigenvalue weighted by Gasteiger charge is -2.16. The minimum atomic E-state index is 0.327. The molecule has 0 rings (SSSR count). The van der Waals surface area contributed by atoms with Crippen molar-refractivity contribution < 1.29 is 0 Å². The van der Waals surface area contributed by atoms with Crippen LogP contribution >= 0.6 is 0 Å². The van der Waals surface area contributed by atoms with E-state index in [1.165, 1.54) is 0 Å². The quantitative estimate of drug-likeness (QED) is 0.471. The van der Waals surface area contributed by atoms with Crippen LogP contribution in [0, 0.1) is 11.8 Å². The Labute approximate surface area is 138 Å². The lowest BCUT2D eigenvalue weighted by molar-refractivity contribution is 0.450. The molecule has 0 aromatic carbocycles. The van der Waals surface area contributed by atoms with Crippen LogP contribution in [0.15, 0.2) is 10.2 Å². The van der Waals surface area contributed by atoms with Crippen LogP contribution in [-0.2, 0) is 0 Å². The first kappa shape index (κ1) is 21.5. The Morgan fingerprint density at radius 3 is 1.27 bits per heavy atom. The Morgan fingerprint density at radius 2 is 1.00 bits per heavy atom. The second-order valence-corrected chi connectivity index (χ2v) is 7.22. The van der Waals surface area contributed by atoms with Gasteiger partial charge in [0.05, 0.1) is 12.1 Å². The van der Waals surface area contributed by atoms with Crippen LogP contribution < -0.4 is 10.6 Å². The van der Waals surface area contributed by atoms with Gasteiger partial charge >= 0.3 is 0 Å². The number of nitrogens with one attached hydrogen (secondary N) is 2. The number of nitrogens with zero attached hydrogens (tertiary/aromatic N) is 2. The Hall–Kier alpha value is -0.480. The molecule has 2 unspecified atom stereocenters. The zero-order valence-corrected chi connectivity index (χ0v) is 15.9. The molecule has 4 nitrogen and oxygen atoms in total. The molecular weight excluding hydrogens is 272 g/mol. The molecule has 4 heteroatoms. The van der Waals surface area contributed by atoms with E-state index in [0.717, 1.165) is 51.9 Å². The average molecular weight is 313 g/mol. The van der Waals surface area contributed by atoms with Crippen LogP contribution in [0.1, 0.15) is 67.2 Å². The number of hydrogen-bond acceptors (Lipinski definition) is 4. The van der Waals surface area contributed by atoms with Crippen molar-refractivity contribution >= 4 is 0 Å². The molecule has 22 heavy (non-hydrogen) atoms. The van der Waals surface area contributed by atoms with Crippen LogP contribution in [-0.4, -0.2) is 38.3 Å². The summed E-state index contributed by atoms with van der Waals surface area (Å²) in [5.74, 6) is 1.37. The maximum absolute atomic E-state index is 4.65. The minimum Gasteiger partial charge on any atom is -0.314 e. The van der Waals surface area contributed by atoms with Crippen molar-refractivity contribution in [1.82, 2.24) is 10.6 Å². The summed E-state index contributed by atoms with van der Waals surface area (Å²) in [5, 5.41) is 16.3. The van der Waals surface area contributed by atoms with Gasteiger partial charge in [0.1, 0.15) is 0 Å². The number of azo groups is 1. The normalized spacial score (nSPS) is 15.1. The van der Waals surface area contributed by atoms with Gasteiger partial charge in [-0.25, -0.2) is 0 Å². The van der Waals surface area contributed by atoms with E-state index >= 15 is 0 Å². The highest BCUT2D eigenvalue weighted by atomic mass is 15.2. The van der Waals surface area contributed by atoms with Gasteiger partial charge in [-0.05, 0) is 37.8 Å². The summed E-state index contributed by atoms with van der Waals surface area (Å²) in [6.07, 6.45) is 4.56. The Bertz CT molecular complexity index is 238. The predicted octanol–water partition coefficient (Wildman–Crippen LogP) is 4.27. The predicted molar refractivity (Wildman–Crippen MR) is 97.7 cm³/mol. The van der Waals surface area contributed by atoms with Gasteiger partial charge in [-0.3, -0.25) is 0 Å². The van der Waals surface area contributed by atoms with Crippen LogP contribution in [0.4, 0.5) is 0 Å². The molecule has 0 heterocycles. The molecule has 2 atom stereocenters. The van der Waals surface area contributed by atoms with Crippen LogP contribution in [0.25, 0.3) is 0 Å². The molecule has 0 bridgehead atoms. The fraction of sp³-hybridized carbons (Fsp3) is 1.00. The van der Waals surface area contributed by atoms with E-state index in [1.54, 1.807) is 0 Å². The first-order valence-corrected chi connectivity index (χ1v) is 9.30. The highest BCUT2D eigenvalue weighted by molar-refractivity contribution is 4.72. The maximum atomic E-state index is 4.65. The van der Waals surface area contributed by atoms with Crippen LogP contribution in [0.5, 0.6) is 0 Å². The first-order chi connectivity index (χ1) is 10.5. The second kappa shape index (κ2) is 14.1. The third kappa shape index (κ3) is 13.2. The molecule has 132 valence electrons. The van der Waals surface area contributed by atoms with E-state index < -0.39 is 0 Å². The summed E-state index contributed by atoms with van der Waals surface area (Å²) in [5.41, 5.74) is 0. The number of rotatable bonds is 14. The van der Waals surface area contributed by atoms with Crippen molar-refractivity contribution in [3.63, 3.8) is 0 Å². The zero-order chi connectivity index (χ0) is 16.8. The van der Waals surface area contributed by atoms with E-state index in [9.17, 15) is 0 Å². The molecule has 2 N–H and O–H groups in total. The van der Waals surface area contributed by atoms with E-state index in [1.807, 2.05) is 0 Å². The summed E-state index contributed by atoms with van der Waals surface area (Å²) in [7, 11) is 0. The van der Waals surface area contributed by atoms with Crippen molar-refractivity contribution in [2.45, 2.75) is 79.3 Å². The smallest absolute Gasteiger partial charge is 0.0832 e. The average Bonchev–Trinajstić information content (AvgIpc) is 2.43. The number of hydrogen-bond donors (Lipinski definition) is 2. The lowest BCUT2D eigenvalue weighted by atomic mass is 10.1. The third-order valence-corrected chi connectivity index (χ3v) is 3.50. The summed E-state index contributed by atoms with van der Waals surface area (Å²) in [6.45, 7) is 17.4. The van der Waals surface area contributed by atoms with E-state index in [4.69, 9.17) is 0 Å². The molecule has 0 saturated carbocycles. The van der Waals surface area contributed by atoms with Crippen molar-refractivity contribution in [2.75, 3.05) is 26.2 Å². The van der Waals surface area contributed by atoms with E-state index in [2.05, 4.69) is 62.4 Å². The molecule has 0 radical (unpaired) electrons. The maximum Gasteiger partial charge on any atom is 0.0832 e. The standard InChI is InChI=1S/C18H40N4/c1-7-9-17(13-19-11-15(3)4)21-22-18(10-8-2)14-20-12-16(5)6/h15-20H,7-14H2,1-6H3. The van der Waals surface area contributed by atoms with Gasteiger partial charge in [0.25, 0.3) is 0 Å². The minimum absolute atomic E-state index is 0.327. The first-order valence-electron chi connectivity index (χ1n) is 9.30. The van der Waals surface area contributed by atoms with Crippen LogP contribution in [0.2, 0.25) is 0 Å². The van der Waals surface area contributed by atoms with Crippen molar-refractivity contribution in [1.29, 1.82) is 0 Å². The molecule has 0 aliphatic rings. The van der Waals surface area contributed by atoms with Gasteiger partial charge in [-0.15, -0.1) is 0 Å². The van der Waals surface area contributed by atoms with Crippen molar-refractivity contribution in [2.24, 2.45) is 22.1 Å². The summed E-state index contributed by atoms with van der Waals surface area (Å²) >= 11 is 0. The van der Waals surface area contributed by atoms with Crippen molar-refractivity contribution in [3.05, 3.63) is 0 Å². The zero-order valence-electron chi connectivity index (χ0n) is 15.9. The molecule has 0 aromatic rings. The summed E-state index contributed by atoms with van der Waals surface area (Å²) in [6, 6.07) is 0.654. The summed E-state index contributed by atoms with van der Waals surface area (Å²) in [4.78, 5) is 0. The Kier molecular flexibility index (Phi) is 13.8. The Balaban J connectivity index is 4.30. The molecule has 0 fully saturated rings. The third-order valence-electron chi connectivity index (χ3n) is 3.50. The highest BCUT2D eigenvalue weighted by Gasteiger charge is 2.10. The highest BCUT2D eigenvalue weighted by Crippen LogP contribution is 2.07. The van der Waals surface area contributed by atoms with Gasteiger partial charge < -0.3 is 10.6 Å². The molecule has 0 saturated heterocycles. The van der Waals surface area contributed by atoms with Gasteiger partial charge in [0.2, 0.25) is 0 Å². The van der Waals surface area contributed by atoms with Gasteiger partial charge in [-0.2, -0.15) is 10.2 Å². The molecule has 0 aliphatic carbocycles. The molecule has 0 spiro atoms. The van der Waals surface area contributed by atoms with E-state index in [0.29, 0.717) is 23.9 Å². The summed E-state index contributed by atoms with van der Waals surface area (Å²) < 4.78 is 0. The van der Waals surface area contributed by atoms with Crippen molar-refractivity contribution in [3.8, 4) is 0 Å². The fourth-order valence-corrected chi connectivity index (χ4v) is 2.33. The molecular formula is C18H40N4. The van der Waals surface area contributed by atoms with Gasteiger partial charge in [0, 0.05) is 13.1 Å². The molecule has 0 amide bonds. The Morgan fingerprint density at radius 1 is 0.636 bits per heavy atom. The monoisotopic (exact) mass is 312 g/mol. The van der Waals surface area contributed by atoms with Gasteiger partial charge in [-0.1, -0.05) is 54.4 Å².